The summed E-state index contributed by atoms with van der Waals surface area (Å²) in [5.41, 5.74) is 1.60. The molecule has 0 amide bonds. The summed E-state index contributed by atoms with van der Waals surface area (Å²) in [6.07, 6.45) is 3.67. The van der Waals surface area contributed by atoms with Gasteiger partial charge in [0.2, 0.25) is 11.6 Å². The van der Waals surface area contributed by atoms with Crippen LogP contribution in [-0.2, 0) is 0 Å². The Morgan fingerprint density at radius 3 is 2.77 bits per heavy atom. The minimum atomic E-state index is -1.07. The van der Waals surface area contributed by atoms with E-state index in [9.17, 15) is 4.79 Å². The molecule has 4 rings (SSSR count). The first-order valence-corrected chi connectivity index (χ1v) is 9.19. The van der Waals surface area contributed by atoms with Crippen molar-refractivity contribution < 1.29 is 19.1 Å². The highest BCUT2D eigenvalue weighted by Gasteiger charge is 2.24. The molecule has 26 heavy (non-hydrogen) atoms. The van der Waals surface area contributed by atoms with E-state index in [0.29, 0.717) is 11.5 Å². The molecule has 1 aliphatic rings. The number of fused-ring (bicyclic) bond motifs is 1. The van der Waals surface area contributed by atoms with E-state index in [4.69, 9.17) is 14.3 Å². The van der Waals surface area contributed by atoms with Crippen LogP contribution in [0, 0.1) is 0 Å². The van der Waals surface area contributed by atoms with Gasteiger partial charge in [0, 0.05) is 49.6 Å². The van der Waals surface area contributed by atoms with Crippen LogP contribution >= 0.6 is 15.9 Å². The Kier molecular flexibility index (Phi) is 4.55. The maximum atomic E-state index is 11.1. The Morgan fingerprint density at radius 1 is 1.27 bits per heavy atom. The first-order valence-electron chi connectivity index (χ1n) is 8.40. The predicted octanol–water partition coefficient (Wildman–Crippen LogP) is 4.34. The summed E-state index contributed by atoms with van der Waals surface area (Å²) < 4.78 is 12.2. The second-order valence-corrected chi connectivity index (χ2v) is 6.99. The average Bonchev–Trinajstić information content (AvgIpc) is 3.10. The van der Waals surface area contributed by atoms with E-state index < -0.39 is 5.97 Å². The number of aromatic nitrogens is 1. The number of carbonyl (C=O) groups is 1. The second kappa shape index (κ2) is 6.99. The number of piperidine rings is 1. The van der Waals surface area contributed by atoms with Crippen molar-refractivity contribution in [2.45, 2.75) is 18.9 Å². The number of pyridine rings is 1. The number of nitrogens with zero attached hydrogens (tertiary/aromatic N) is 2. The lowest BCUT2D eigenvalue weighted by Crippen LogP contribution is -2.38. The summed E-state index contributed by atoms with van der Waals surface area (Å²) in [6.45, 7) is 1.70. The van der Waals surface area contributed by atoms with Crippen molar-refractivity contribution in [3.8, 4) is 5.88 Å². The molecular formula is C19H17BrN2O4. The minimum absolute atomic E-state index is 0.0553. The van der Waals surface area contributed by atoms with Gasteiger partial charge in [-0.05, 0) is 34.1 Å². The number of hydrogen-bond acceptors (Lipinski definition) is 5. The zero-order valence-electron chi connectivity index (χ0n) is 13.9. The van der Waals surface area contributed by atoms with E-state index in [0.717, 1.165) is 41.5 Å². The molecule has 3 aromatic rings. The normalized spacial score (nSPS) is 15.3. The lowest BCUT2D eigenvalue weighted by atomic mass is 10.1. The Hall–Kier alpha value is -2.54. The molecule has 1 aromatic carbocycles. The number of benzene rings is 1. The smallest absolute Gasteiger partial charge is 0.371 e. The number of carboxylic acids is 1. The molecular weight excluding hydrogens is 400 g/mol. The van der Waals surface area contributed by atoms with Crippen molar-refractivity contribution in [1.82, 2.24) is 4.98 Å². The summed E-state index contributed by atoms with van der Waals surface area (Å²) in [5.74, 6) is -0.462. The average molecular weight is 417 g/mol. The molecule has 1 saturated heterocycles. The number of carboxylic acid groups (broad SMARTS) is 1. The summed E-state index contributed by atoms with van der Waals surface area (Å²) in [5, 5.41) is 9.88. The van der Waals surface area contributed by atoms with E-state index >= 15 is 0 Å². The highest BCUT2D eigenvalue weighted by atomic mass is 79.9. The number of furan rings is 1. The Labute approximate surface area is 158 Å². The van der Waals surface area contributed by atoms with E-state index in [1.54, 1.807) is 12.3 Å². The molecule has 0 aliphatic carbocycles. The maximum Gasteiger partial charge on any atom is 0.371 e. The monoisotopic (exact) mass is 416 g/mol. The molecule has 0 spiro atoms. The molecule has 0 unspecified atom stereocenters. The second-order valence-electron chi connectivity index (χ2n) is 6.20. The lowest BCUT2D eigenvalue weighted by Gasteiger charge is -2.34. The van der Waals surface area contributed by atoms with Crippen molar-refractivity contribution in [3.63, 3.8) is 0 Å². The molecule has 1 fully saturated rings. The van der Waals surface area contributed by atoms with Gasteiger partial charge in [-0.3, -0.25) is 0 Å². The molecule has 2 aromatic heterocycles. The standard InChI is InChI=1S/C19H17BrN2O4/c20-18-13-11-16(19(23)24)26-15(13)5-4-14(18)22-9-6-12(7-10-22)25-17-3-1-2-8-21-17/h1-5,8,11-12H,6-7,9-10H2,(H,23,24). The minimum Gasteiger partial charge on any atom is -0.475 e. The van der Waals surface area contributed by atoms with Crippen LogP contribution in [0.2, 0.25) is 0 Å². The zero-order chi connectivity index (χ0) is 18.1. The molecule has 0 radical (unpaired) electrons. The molecule has 6 nitrogen and oxygen atoms in total. The van der Waals surface area contributed by atoms with Crippen LogP contribution in [0.4, 0.5) is 5.69 Å². The third-order valence-corrected chi connectivity index (χ3v) is 5.37. The molecule has 1 N–H and O–H groups in total. The number of rotatable bonds is 4. The Balaban J connectivity index is 1.49. The number of hydrogen-bond donors (Lipinski definition) is 1. The van der Waals surface area contributed by atoms with Crippen molar-refractivity contribution in [2.24, 2.45) is 0 Å². The van der Waals surface area contributed by atoms with Crippen molar-refractivity contribution in [2.75, 3.05) is 18.0 Å². The van der Waals surface area contributed by atoms with Gasteiger partial charge in [0.25, 0.3) is 0 Å². The Bertz CT molecular complexity index is 933. The first kappa shape index (κ1) is 16.9. The third-order valence-electron chi connectivity index (χ3n) is 4.53. The largest absolute Gasteiger partial charge is 0.475 e. The van der Waals surface area contributed by atoms with Crippen LogP contribution in [0.25, 0.3) is 11.0 Å². The fraction of sp³-hybridized carbons (Fsp3) is 0.263. The number of aromatic carboxylic acids is 1. The van der Waals surface area contributed by atoms with Gasteiger partial charge in [-0.2, -0.15) is 0 Å². The summed E-state index contributed by atoms with van der Waals surface area (Å²) in [4.78, 5) is 17.6. The fourth-order valence-electron chi connectivity index (χ4n) is 3.22. The van der Waals surface area contributed by atoms with Gasteiger partial charge < -0.3 is 19.2 Å². The highest BCUT2D eigenvalue weighted by Crippen LogP contribution is 2.37. The number of ether oxygens (including phenoxy) is 1. The van der Waals surface area contributed by atoms with Crippen LogP contribution in [-0.4, -0.2) is 35.3 Å². The van der Waals surface area contributed by atoms with Gasteiger partial charge in [-0.25, -0.2) is 9.78 Å². The lowest BCUT2D eigenvalue weighted by molar-refractivity contribution is 0.0665. The van der Waals surface area contributed by atoms with Crippen LogP contribution in [0.3, 0.4) is 0 Å². The SMILES string of the molecule is O=C(O)c1cc2c(Br)c(N3CCC(Oc4ccccn4)CC3)ccc2o1. The topological polar surface area (TPSA) is 75.8 Å². The van der Waals surface area contributed by atoms with E-state index in [1.165, 1.54) is 0 Å². The molecule has 0 bridgehead atoms. The van der Waals surface area contributed by atoms with Crippen LogP contribution in [0.1, 0.15) is 23.4 Å². The fourth-order valence-corrected chi connectivity index (χ4v) is 3.91. The highest BCUT2D eigenvalue weighted by molar-refractivity contribution is 9.10. The first-order chi connectivity index (χ1) is 12.6. The van der Waals surface area contributed by atoms with Gasteiger partial charge in [0.05, 0.1) is 10.2 Å². The molecule has 1 aliphatic heterocycles. The van der Waals surface area contributed by atoms with Crippen LogP contribution < -0.4 is 9.64 Å². The van der Waals surface area contributed by atoms with Crippen LogP contribution in [0.15, 0.2) is 51.5 Å². The van der Waals surface area contributed by atoms with Crippen LogP contribution in [0.5, 0.6) is 5.88 Å². The molecule has 0 atom stereocenters. The van der Waals surface area contributed by atoms with Crippen molar-refractivity contribution in [3.05, 3.63) is 52.8 Å². The predicted molar refractivity (Wildman–Crippen MR) is 101 cm³/mol. The van der Waals surface area contributed by atoms with Crippen molar-refractivity contribution >= 4 is 38.6 Å². The van der Waals surface area contributed by atoms with E-state index in [-0.39, 0.29) is 11.9 Å². The van der Waals surface area contributed by atoms with Gasteiger partial charge in [-0.15, -0.1) is 0 Å². The molecule has 7 heteroatoms. The van der Waals surface area contributed by atoms with Crippen molar-refractivity contribution in [1.29, 1.82) is 0 Å². The third kappa shape index (κ3) is 3.26. The van der Waals surface area contributed by atoms with Gasteiger partial charge in [0.1, 0.15) is 11.7 Å². The summed E-state index contributed by atoms with van der Waals surface area (Å²) in [7, 11) is 0. The van der Waals surface area contributed by atoms with E-state index in [2.05, 4.69) is 25.8 Å². The maximum absolute atomic E-state index is 11.1. The van der Waals surface area contributed by atoms with Gasteiger partial charge in [0.15, 0.2) is 0 Å². The number of anilines is 1. The zero-order valence-corrected chi connectivity index (χ0v) is 15.5. The Morgan fingerprint density at radius 2 is 2.08 bits per heavy atom. The van der Waals surface area contributed by atoms with E-state index in [1.807, 2.05) is 30.3 Å². The summed E-state index contributed by atoms with van der Waals surface area (Å²) in [6, 6.07) is 11.0. The summed E-state index contributed by atoms with van der Waals surface area (Å²) >= 11 is 3.61. The molecule has 134 valence electrons. The van der Waals surface area contributed by atoms with Gasteiger partial charge in [-0.1, -0.05) is 6.07 Å². The molecule has 0 saturated carbocycles. The number of halogens is 1. The quantitative estimate of drug-likeness (QED) is 0.681. The molecule has 3 heterocycles. The van der Waals surface area contributed by atoms with Gasteiger partial charge >= 0.3 is 5.97 Å².